The molecule has 0 spiro atoms. The van der Waals surface area contributed by atoms with Crippen LogP contribution < -0.4 is 5.32 Å². The van der Waals surface area contributed by atoms with Gasteiger partial charge in [-0.1, -0.05) is 6.92 Å². The summed E-state index contributed by atoms with van der Waals surface area (Å²) in [5.74, 6) is 0. The molecule has 1 saturated heterocycles. The summed E-state index contributed by atoms with van der Waals surface area (Å²) in [5, 5.41) is 3.58. The standard InChI is InChI=1S/C10H22N2/c1-4-8-12(3)9-10(2)6-5-7-11-10/h11H,4-9H2,1-3H3. The van der Waals surface area contributed by atoms with Gasteiger partial charge in [-0.2, -0.15) is 0 Å². The zero-order valence-corrected chi connectivity index (χ0v) is 8.69. The Morgan fingerprint density at radius 2 is 2.25 bits per heavy atom. The van der Waals surface area contributed by atoms with Gasteiger partial charge in [0.1, 0.15) is 0 Å². The lowest BCUT2D eigenvalue weighted by Gasteiger charge is -2.30. The molecule has 1 atom stereocenters. The topological polar surface area (TPSA) is 15.3 Å². The summed E-state index contributed by atoms with van der Waals surface area (Å²) in [4.78, 5) is 2.43. The SMILES string of the molecule is CCCN(C)CC1(C)CCCN1. The van der Waals surface area contributed by atoms with Crippen molar-refractivity contribution in [2.45, 2.75) is 38.6 Å². The van der Waals surface area contributed by atoms with E-state index in [1.165, 1.54) is 38.9 Å². The molecule has 2 nitrogen and oxygen atoms in total. The van der Waals surface area contributed by atoms with Gasteiger partial charge < -0.3 is 10.2 Å². The van der Waals surface area contributed by atoms with Gasteiger partial charge in [-0.25, -0.2) is 0 Å². The Hall–Kier alpha value is -0.0800. The van der Waals surface area contributed by atoms with Crippen LogP contribution >= 0.6 is 0 Å². The number of hydrogen-bond acceptors (Lipinski definition) is 2. The first kappa shape index (κ1) is 10.0. The van der Waals surface area contributed by atoms with Gasteiger partial charge >= 0.3 is 0 Å². The summed E-state index contributed by atoms with van der Waals surface area (Å²) in [6.07, 6.45) is 3.93. The second-order valence-corrected chi connectivity index (χ2v) is 4.33. The molecule has 1 rings (SSSR count). The van der Waals surface area contributed by atoms with Crippen LogP contribution in [0.15, 0.2) is 0 Å². The average molecular weight is 170 g/mol. The molecular weight excluding hydrogens is 148 g/mol. The van der Waals surface area contributed by atoms with E-state index in [1.807, 2.05) is 0 Å². The van der Waals surface area contributed by atoms with Crippen molar-refractivity contribution in [3.63, 3.8) is 0 Å². The highest BCUT2D eigenvalue weighted by Gasteiger charge is 2.28. The molecule has 0 aromatic carbocycles. The average Bonchev–Trinajstić information content (AvgIpc) is 2.36. The third kappa shape index (κ3) is 2.76. The molecular formula is C10H22N2. The maximum Gasteiger partial charge on any atom is 0.0280 e. The van der Waals surface area contributed by atoms with E-state index in [0.717, 1.165) is 0 Å². The number of rotatable bonds is 4. The van der Waals surface area contributed by atoms with Gasteiger partial charge in [-0.05, 0) is 46.3 Å². The highest BCUT2D eigenvalue weighted by Crippen LogP contribution is 2.19. The normalized spacial score (nSPS) is 30.0. The van der Waals surface area contributed by atoms with E-state index in [9.17, 15) is 0 Å². The lowest BCUT2D eigenvalue weighted by atomic mass is 10.00. The summed E-state index contributed by atoms with van der Waals surface area (Å²) >= 11 is 0. The Labute approximate surface area is 76.3 Å². The molecule has 72 valence electrons. The van der Waals surface area contributed by atoms with E-state index in [1.54, 1.807) is 0 Å². The van der Waals surface area contributed by atoms with Gasteiger partial charge in [0.05, 0.1) is 0 Å². The van der Waals surface area contributed by atoms with Crippen molar-refractivity contribution in [1.82, 2.24) is 10.2 Å². The van der Waals surface area contributed by atoms with E-state index in [4.69, 9.17) is 0 Å². The molecule has 1 aliphatic heterocycles. The molecule has 0 amide bonds. The van der Waals surface area contributed by atoms with Crippen LogP contribution in [0.2, 0.25) is 0 Å². The maximum absolute atomic E-state index is 3.58. The highest BCUT2D eigenvalue weighted by atomic mass is 15.1. The number of nitrogens with one attached hydrogen (secondary N) is 1. The lowest BCUT2D eigenvalue weighted by Crippen LogP contribution is -2.46. The predicted octanol–water partition coefficient (Wildman–Crippen LogP) is 1.47. The fourth-order valence-electron chi connectivity index (χ4n) is 2.15. The Kier molecular flexibility index (Phi) is 3.53. The summed E-state index contributed by atoms with van der Waals surface area (Å²) < 4.78 is 0. The minimum Gasteiger partial charge on any atom is -0.310 e. The largest absolute Gasteiger partial charge is 0.310 e. The third-order valence-electron chi connectivity index (χ3n) is 2.68. The highest BCUT2D eigenvalue weighted by molar-refractivity contribution is 4.90. The quantitative estimate of drug-likeness (QED) is 0.687. The Morgan fingerprint density at radius 3 is 2.75 bits per heavy atom. The van der Waals surface area contributed by atoms with E-state index in [-0.39, 0.29) is 0 Å². The van der Waals surface area contributed by atoms with Gasteiger partial charge in [0.15, 0.2) is 0 Å². The second kappa shape index (κ2) is 4.24. The molecule has 0 bridgehead atoms. The van der Waals surface area contributed by atoms with Gasteiger partial charge in [-0.15, -0.1) is 0 Å². The van der Waals surface area contributed by atoms with Crippen LogP contribution in [0, 0.1) is 0 Å². The van der Waals surface area contributed by atoms with E-state index in [0.29, 0.717) is 5.54 Å². The van der Waals surface area contributed by atoms with Crippen LogP contribution in [0.1, 0.15) is 33.1 Å². The molecule has 0 aliphatic carbocycles. The van der Waals surface area contributed by atoms with Crippen LogP contribution in [-0.2, 0) is 0 Å². The third-order valence-corrected chi connectivity index (χ3v) is 2.68. The van der Waals surface area contributed by atoms with Crippen molar-refractivity contribution in [2.24, 2.45) is 0 Å². The Balaban J connectivity index is 2.28. The van der Waals surface area contributed by atoms with Gasteiger partial charge in [0, 0.05) is 12.1 Å². The Bertz CT molecular complexity index is 128. The van der Waals surface area contributed by atoms with Gasteiger partial charge in [0.25, 0.3) is 0 Å². The van der Waals surface area contributed by atoms with Gasteiger partial charge in [0.2, 0.25) is 0 Å². The summed E-state index contributed by atoms with van der Waals surface area (Å²) in [7, 11) is 2.22. The summed E-state index contributed by atoms with van der Waals surface area (Å²) in [6, 6.07) is 0. The zero-order chi connectivity index (χ0) is 9.03. The minimum atomic E-state index is 0.393. The fraction of sp³-hybridized carbons (Fsp3) is 1.00. The molecule has 2 heteroatoms. The fourth-order valence-corrected chi connectivity index (χ4v) is 2.15. The van der Waals surface area contributed by atoms with Crippen molar-refractivity contribution in [3.05, 3.63) is 0 Å². The molecule has 12 heavy (non-hydrogen) atoms. The first-order valence-corrected chi connectivity index (χ1v) is 5.10. The number of hydrogen-bond donors (Lipinski definition) is 1. The van der Waals surface area contributed by atoms with Crippen molar-refractivity contribution >= 4 is 0 Å². The molecule has 1 heterocycles. The number of likely N-dealkylation sites (N-methyl/N-ethyl adjacent to an activating group) is 1. The summed E-state index contributed by atoms with van der Waals surface area (Å²) in [6.45, 7) is 8.20. The van der Waals surface area contributed by atoms with Crippen LogP contribution in [0.25, 0.3) is 0 Å². The van der Waals surface area contributed by atoms with E-state index in [2.05, 4.69) is 31.1 Å². The molecule has 0 saturated carbocycles. The van der Waals surface area contributed by atoms with Crippen molar-refractivity contribution in [3.8, 4) is 0 Å². The van der Waals surface area contributed by atoms with Crippen molar-refractivity contribution in [2.75, 3.05) is 26.7 Å². The van der Waals surface area contributed by atoms with E-state index >= 15 is 0 Å². The van der Waals surface area contributed by atoms with Crippen molar-refractivity contribution in [1.29, 1.82) is 0 Å². The molecule has 1 unspecified atom stereocenters. The van der Waals surface area contributed by atoms with E-state index < -0.39 is 0 Å². The van der Waals surface area contributed by atoms with Crippen LogP contribution in [-0.4, -0.2) is 37.1 Å². The molecule has 1 fully saturated rings. The molecule has 1 aliphatic rings. The van der Waals surface area contributed by atoms with Gasteiger partial charge in [-0.3, -0.25) is 0 Å². The van der Waals surface area contributed by atoms with Crippen molar-refractivity contribution < 1.29 is 0 Å². The zero-order valence-electron chi connectivity index (χ0n) is 8.69. The first-order chi connectivity index (χ1) is 5.66. The molecule has 0 aromatic heterocycles. The molecule has 0 aromatic rings. The van der Waals surface area contributed by atoms with Crippen LogP contribution in [0.4, 0.5) is 0 Å². The van der Waals surface area contributed by atoms with Crippen LogP contribution in [0.5, 0.6) is 0 Å². The van der Waals surface area contributed by atoms with Crippen LogP contribution in [0.3, 0.4) is 0 Å². The molecule has 0 radical (unpaired) electrons. The second-order valence-electron chi connectivity index (χ2n) is 4.33. The maximum atomic E-state index is 3.58. The predicted molar refractivity (Wildman–Crippen MR) is 53.4 cm³/mol. The number of nitrogens with zero attached hydrogens (tertiary/aromatic N) is 1. The summed E-state index contributed by atoms with van der Waals surface area (Å²) in [5.41, 5.74) is 0.393. The molecule has 1 N–H and O–H groups in total. The Morgan fingerprint density at radius 1 is 1.50 bits per heavy atom. The smallest absolute Gasteiger partial charge is 0.0280 e. The monoisotopic (exact) mass is 170 g/mol. The lowest BCUT2D eigenvalue weighted by molar-refractivity contribution is 0.240. The minimum absolute atomic E-state index is 0.393. The first-order valence-electron chi connectivity index (χ1n) is 5.10.